The molecule has 2 aromatic rings. The Kier molecular flexibility index (Phi) is 7.90. The molecule has 0 aliphatic heterocycles. The maximum absolute atomic E-state index is 10.6. The van der Waals surface area contributed by atoms with Crippen LogP contribution >= 0.6 is 24.0 Å². The van der Waals surface area contributed by atoms with Crippen LogP contribution in [0.3, 0.4) is 0 Å². The quantitative estimate of drug-likeness (QED) is 0.716. The molecule has 0 amide bonds. The lowest BCUT2D eigenvalue weighted by Gasteiger charge is -1.98. The fraction of sp³-hybridized carbons (Fsp3) is 0.0714. The van der Waals surface area contributed by atoms with Gasteiger partial charge in [-0.05, 0) is 11.1 Å². The Morgan fingerprint density at radius 3 is 1.25 bits per heavy atom. The molecule has 0 bridgehead atoms. The molecule has 0 aliphatic rings. The Bertz CT molecular complexity index is 475. The van der Waals surface area contributed by atoms with Crippen LogP contribution in [0.5, 0.6) is 0 Å². The van der Waals surface area contributed by atoms with E-state index in [1.807, 2.05) is 12.1 Å². The molecule has 1 N–H and O–H groups in total. The van der Waals surface area contributed by atoms with Crippen molar-refractivity contribution in [2.75, 3.05) is 0 Å². The normalized spacial score (nSPS) is 9.75. The summed E-state index contributed by atoms with van der Waals surface area (Å²) in [5.74, 6) is -2.76. The van der Waals surface area contributed by atoms with Gasteiger partial charge < -0.3 is 5.11 Å². The van der Waals surface area contributed by atoms with Crippen LogP contribution in [0.1, 0.15) is 0 Å². The van der Waals surface area contributed by atoms with Crippen LogP contribution in [-0.2, 0) is 4.79 Å². The molecule has 0 saturated heterocycles. The standard InChI is InChI=1S/C12H10.C2HF3O2.HI/c1-3-7-11(8-4-1)12-9-5-2-6-10-12;3-2(4,5)1(6)7;/h1-10H;(H,6,7);1H. The summed E-state index contributed by atoms with van der Waals surface area (Å²) in [6, 6.07) is 20.8. The van der Waals surface area contributed by atoms with E-state index < -0.39 is 12.1 Å². The van der Waals surface area contributed by atoms with Crippen LogP contribution in [0.25, 0.3) is 11.1 Å². The average molecular weight is 396 g/mol. The number of carboxylic acid groups (broad SMARTS) is 1. The molecule has 6 heteroatoms. The number of hydrogen-bond acceptors (Lipinski definition) is 1. The van der Waals surface area contributed by atoms with Gasteiger partial charge in [-0.3, -0.25) is 0 Å². The lowest BCUT2D eigenvalue weighted by molar-refractivity contribution is -0.192. The predicted octanol–water partition coefficient (Wildman–Crippen LogP) is 4.60. The summed E-state index contributed by atoms with van der Waals surface area (Å²) in [7, 11) is 0. The number of aliphatic carboxylic acids is 1. The molecule has 0 heterocycles. The van der Waals surface area contributed by atoms with Gasteiger partial charge in [-0.2, -0.15) is 13.2 Å². The molecule has 20 heavy (non-hydrogen) atoms. The second-order valence-corrected chi connectivity index (χ2v) is 3.53. The molecule has 108 valence electrons. The third kappa shape index (κ3) is 6.55. The topological polar surface area (TPSA) is 37.3 Å². The van der Waals surface area contributed by atoms with Gasteiger partial charge in [0.05, 0.1) is 0 Å². The van der Waals surface area contributed by atoms with Gasteiger partial charge in [0.2, 0.25) is 0 Å². The van der Waals surface area contributed by atoms with Gasteiger partial charge in [-0.25, -0.2) is 4.79 Å². The lowest BCUT2D eigenvalue weighted by atomic mass is 10.1. The van der Waals surface area contributed by atoms with E-state index in [1.54, 1.807) is 0 Å². The number of hydrogen-bond donors (Lipinski definition) is 1. The highest BCUT2D eigenvalue weighted by Gasteiger charge is 2.38. The summed E-state index contributed by atoms with van der Waals surface area (Å²) in [4.78, 5) is 8.90. The van der Waals surface area contributed by atoms with Crippen molar-refractivity contribution in [2.24, 2.45) is 0 Å². The van der Waals surface area contributed by atoms with Crippen LogP contribution in [0.2, 0.25) is 0 Å². The fourth-order valence-electron chi connectivity index (χ4n) is 1.26. The van der Waals surface area contributed by atoms with E-state index in [4.69, 9.17) is 9.90 Å². The molecule has 0 saturated carbocycles. The zero-order chi connectivity index (χ0) is 14.3. The van der Waals surface area contributed by atoms with Crippen molar-refractivity contribution < 1.29 is 23.1 Å². The van der Waals surface area contributed by atoms with Crippen molar-refractivity contribution in [3.8, 4) is 11.1 Å². The Morgan fingerprint density at radius 1 is 0.800 bits per heavy atom. The van der Waals surface area contributed by atoms with Crippen LogP contribution in [0.4, 0.5) is 13.2 Å². The van der Waals surface area contributed by atoms with Crippen molar-refractivity contribution in [2.45, 2.75) is 6.18 Å². The number of carboxylic acids is 1. The Hall–Kier alpha value is -1.57. The van der Waals surface area contributed by atoms with Crippen LogP contribution in [-0.4, -0.2) is 17.3 Å². The van der Waals surface area contributed by atoms with E-state index >= 15 is 0 Å². The molecule has 2 nitrogen and oxygen atoms in total. The molecule has 0 unspecified atom stereocenters. The highest BCUT2D eigenvalue weighted by Crippen LogP contribution is 2.17. The smallest absolute Gasteiger partial charge is 0.475 e. The molecule has 0 fully saturated rings. The molecule has 2 aromatic carbocycles. The van der Waals surface area contributed by atoms with Crippen LogP contribution in [0.15, 0.2) is 60.7 Å². The Labute approximate surface area is 131 Å². The third-order valence-corrected chi connectivity index (χ3v) is 2.12. The number of rotatable bonds is 1. The first kappa shape index (κ1) is 18.4. The number of benzene rings is 2. The van der Waals surface area contributed by atoms with Crippen molar-refractivity contribution in [3.63, 3.8) is 0 Å². The number of halogens is 4. The molecular weight excluding hydrogens is 384 g/mol. The van der Waals surface area contributed by atoms with Crippen LogP contribution < -0.4 is 0 Å². The zero-order valence-corrected chi connectivity index (χ0v) is 12.5. The van der Waals surface area contributed by atoms with E-state index in [1.165, 1.54) is 11.1 Å². The second-order valence-electron chi connectivity index (χ2n) is 3.53. The molecule has 2 rings (SSSR count). The third-order valence-electron chi connectivity index (χ3n) is 2.12. The molecule has 0 aliphatic carbocycles. The monoisotopic (exact) mass is 396 g/mol. The van der Waals surface area contributed by atoms with Crippen molar-refractivity contribution in [1.29, 1.82) is 0 Å². The van der Waals surface area contributed by atoms with E-state index in [0.717, 1.165) is 0 Å². The number of carbonyl (C=O) groups is 1. The molecular formula is C14H12F3IO2. The SMILES string of the molecule is I.O=C(O)C(F)(F)F.c1ccc(-c2ccccc2)cc1. The summed E-state index contributed by atoms with van der Waals surface area (Å²) >= 11 is 0. The maximum Gasteiger partial charge on any atom is 0.490 e. The molecule has 0 aromatic heterocycles. The van der Waals surface area contributed by atoms with Crippen molar-refractivity contribution in [3.05, 3.63) is 60.7 Å². The minimum Gasteiger partial charge on any atom is -0.475 e. The summed E-state index contributed by atoms with van der Waals surface area (Å²) < 4.78 is 31.7. The minimum atomic E-state index is -5.08. The molecule has 0 atom stereocenters. The van der Waals surface area contributed by atoms with Crippen LogP contribution in [0, 0.1) is 0 Å². The van der Waals surface area contributed by atoms with Crippen molar-refractivity contribution >= 4 is 29.9 Å². The second kappa shape index (κ2) is 8.57. The highest BCUT2D eigenvalue weighted by molar-refractivity contribution is 14.0. The minimum absolute atomic E-state index is 0. The largest absolute Gasteiger partial charge is 0.490 e. The summed E-state index contributed by atoms with van der Waals surface area (Å²) in [6.07, 6.45) is -5.08. The van der Waals surface area contributed by atoms with Gasteiger partial charge in [-0.15, -0.1) is 24.0 Å². The van der Waals surface area contributed by atoms with Gasteiger partial charge in [0.15, 0.2) is 0 Å². The first-order valence-corrected chi connectivity index (χ1v) is 5.32. The van der Waals surface area contributed by atoms with Gasteiger partial charge in [0.1, 0.15) is 0 Å². The predicted molar refractivity (Wildman–Crippen MR) is 81.0 cm³/mol. The van der Waals surface area contributed by atoms with E-state index in [0.29, 0.717) is 0 Å². The van der Waals surface area contributed by atoms with Gasteiger partial charge >= 0.3 is 12.1 Å². The maximum atomic E-state index is 10.6. The first-order valence-electron chi connectivity index (χ1n) is 5.32. The Morgan fingerprint density at radius 2 is 1.05 bits per heavy atom. The van der Waals surface area contributed by atoms with Gasteiger partial charge in [-0.1, -0.05) is 60.7 Å². The highest BCUT2D eigenvalue weighted by atomic mass is 127. The van der Waals surface area contributed by atoms with E-state index in [9.17, 15) is 13.2 Å². The molecule has 0 radical (unpaired) electrons. The van der Waals surface area contributed by atoms with E-state index in [2.05, 4.69) is 48.5 Å². The first-order chi connectivity index (χ1) is 8.91. The Balaban J connectivity index is 0.000000396. The van der Waals surface area contributed by atoms with Gasteiger partial charge in [0, 0.05) is 0 Å². The summed E-state index contributed by atoms with van der Waals surface area (Å²) in [5.41, 5.74) is 2.55. The fourth-order valence-corrected chi connectivity index (χ4v) is 1.26. The summed E-state index contributed by atoms with van der Waals surface area (Å²) in [5, 5.41) is 7.12. The van der Waals surface area contributed by atoms with E-state index in [-0.39, 0.29) is 24.0 Å². The lowest BCUT2D eigenvalue weighted by Crippen LogP contribution is -2.21. The average Bonchev–Trinajstić information content (AvgIpc) is 2.40. The van der Waals surface area contributed by atoms with Crippen molar-refractivity contribution in [1.82, 2.24) is 0 Å². The number of alkyl halides is 3. The summed E-state index contributed by atoms with van der Waals surface area (Å²) in [6.45, 7) is 0. The van der Waals surface area contributed by atoms with Gasteiger partial charge in [0.25, 0.3) is 0 Å². The zero-order valence-electron chi connectivity index (χ0n) is 10.2. The molecule has 0 spiro atoms.